The summed E-state index contributed by atoms with van der Waals surface area (Å²) in [6.07, 6.45) is 62.1. The van der Waals surface area contributed by atoms with Crippen molar-refractivity contribution in [2.75, 3.05) is 40.9 Å². The van der Waals surface area contributed by atoms with Crippen LogP contribution in [0.5, 0.6) is 0 Å². The number of nitrogens with zero attached hydrogens (tertiary/aromatic N) is 1. The molecule has 0 radical (unpaired) electrons. The molecule has 71 heavy (non-hydrogen) atoms. The number of allylic oxidation sites excluding steroid dienone is 7. The van der Waals surface area contributed by atoms with Gasteiger partial charge in [-0.05, 0) is 89.5 Å². The van der Waals surface area contributed by atoms with Gasteiger partial charge >= 0.3 is 5.97 Å². The van der Waals surface area contributed by atoms with E-state index in [1.165, 1.54) is 154 Å². The molecular formula is C61H115N2O7P. The summed E-state index contributed by atoms with van der Waals surface area (Å²) in [7, 11) is 1.18. The molecule has 0 spiro atoms. The average Bonchev–Trinajstić information content (AvgIpc) is 3.33. The Morgan fingerprint density at radius 1 is 0.493 bits per heavy atom. The summed E-state index contributed by atoms with van der Waals surface area (Å²) < 4.78 is 30.3. The highest BCUT2D eigenvalue weighted by Gasteiger charge is 2.27. The summed E-state index contributed by atoms with van der Waals surface area (Å²) >= 11 is 0. The van der Waals surface area contributed by atoms with Gasteiger partial charge in [-0.3, -0.25) is 14.2 Å². The number of rotatable bonds is 54. The van der Waals surface area contributed by atoms with Crippen LogP contribution in [-0.4, -0.2) is 69.4 Å². The third-order valence-corrected chi connectivity index (χ3v) is 14.2. The number of esters is 1. The highest BCUT2D eigenvalue weighted by molar-refractivity contribution is 7.45. The van der Waals surface area contributed by atoms with E-state index in [4.69, 9.17) is 13.8 Å². The molecule has 1 amide bonds. The molecule has 0 aromatic heterocycles. The highest BCUT2D eigenvalue weighted by Crippen LogP contribution is 2.38. The van der Waals surface area contributed by atoms with E-state index in [2.05, 4.69) is 62.5 Å². The van der Waals surface area contributed by atoms with E-state index < -0.39 is 26.6 Å². The van der Waals surface area contributed by atoms with Gasteiger partial charge in [-0.15, -0.1) is 0 Å². The number of nitrogens with one attached hydrogen (secondary N) is 1. The summed E-state index contributed by atoms with van der Waals surface area (Å²) in [6, 6.07) is -0.890. The average molecular weight is 1020 g/mol. The zero-order chi connectivity index (χ0) is 52.2. The molecule has 3 atom stereocenters. The number of amides is 1. The van der Waals surface area contributed by atoms with Gasteiger partial charge in [0, 0.05) is 12.8 Å². The molecule has 10 heteroatoms. The van der Waals surface area contributed by atoms with Crippen molar-refractivity contribution in [3.05, 3.63) is 48.6 Å². The van der Waals surface area contributed by atoms with Gasteiger partial charge in [-0.2, -0.15) is 0 Å². The van der Waals surface area contributed by atoms with Crippen LogP contribution in [0.4, 0.5) is 0 Å². The number of hydrogen-bond acceptors (Lipinski definition) is 7. The fraction of sp³-hybridized carbons (Fsp3) is 0.836. The first-order valence-corrected chi connectivity index (χ1v) is 31.4. The van der Waals surface area contributed by atoms with Gasteiger partial charge in [0.05, 0.1) is 33.8 Å². The number of carbonyl (C=O) groups excluding carboxylic acids is 2. The van der Waals surface area contributed by atoms with Crippen LogP contribution in [0.15, 0.2) is 48.6 Å². The van der Waals surface area contributed by atoms with Crippen LogP contribution in [0, 0.1) is 0 Å². The molecule has 1 N–H and O–H groups in total. The number of quaternary nitrogens is 1. The lowest BCUT2D eigenvalue weighted by molar-refractivity contribution is -0.870. The largest absolute Gasteiger partial charge is 0.756 e. The number of ether oxygens (including phenoxy) is 1. The first-order valence-electron chi connectivity index (χ1n) is 29.9. The van der Waals surface area contributed by atoms with Crippen molar-refractivity contribution in [1.29, 1.82) is 0 Å². The minimum absolute atomic E-state index is 0.0237. The van der Waals surface area contributed by atoms with Crippen molar-refractivity contribution in [3.63, 3.8) is 0 Å². The number of unbranched alkanes of at least 4 members (excludes halogenated alkanes) is 32. The normalized spacial score (nSPS) is 14.1. The molecule has 0 aliphatic carbocycles. The topological polar surface area (TPSA) is 114 Å². The van der Waals surface area contributed by atoms with E-state index in [-0.39, 0.29) is 24.9 Å². The third-order valence-electron chi connectivity index (χ3n) is 13.2. The monoisotopic (exact) mass is 1020 g/mol. The van der Waals surface area contributed by atoms with E-state index in [1.54, 1.807) is 0 Å². The first kappa shape index (κ1) is 69.0. The molecule has 3 unspecified atom stereocenters. The molecule has 0 bridgehead atoms. The summed E-state index contributed by atoms with van der Waals surface area (Å²) in [5.41, 5.74) is 0. The molecular weight excluding hydrogens is 904 g/mol. The van der Waals surface area contributed by atoms with E-state index in [1.807, 2.05) is 33.3 Å². The number of phosphoric acid groups is 1. The van der Waals surface area contributed by atoms with E-state index in [0.29, 0.717) is 17.4 Å². The number of phosphoric ester groups is 1. The third kappa shape index (κ3) is 52.6. The molecule has 0 aliphatic rings. The molecule has 0 fully saturated rings. The smallest absolute Gasteiger partial charge is 0.306 e. The molecule has 0 saturated heterocycles. The second-order valence-electron chi connectivity index (χ2n) is 21.5. The van der Waals surface area contributed by atoms with Crippen LogP contribution in [0.25, 0.3) is 0 Å². The lowest BCUT2D eigenvalue weighted by Gasteiger charge is -2.30. The Balaban J connectivity index is 5.25. The molecule has 0 aliphatic heterocycles. The SMILES string of the molecule is CCCCC/C=C\C/C=C\CCCCCCCCCCCC(=O)NC(COP(=O)([O-])OCC[N+](C)(C)C)C(/C=C\CCCCCCCCCCC)OC(=O)CCCCCCCCC/C=C\CCCCCC. The molecule has 0 aromatic rings. The van der Waals surface area contributed by atoms with Crippen LogP contribution < -0.4 is 10.2 Å². The maximum Gasteiger partial charge on any atom is 0.306 e. The highest BCUT2D eigenvalue weighted by atomic mass is 31.2. The van der Waals surface area contributed by atoms with E-state index in [0.717, 1.165) is 89.9 Å². The molecule has 0 saturated carbocycles. The Labute approximate surface area is 439 Å². The Kier molecular flexibility index (Phi) is 50.0. The Morgan fingerprint density at radius 3 is 1.32 bits per heavy atom. The van der Waals surface area contributed by atoms with Gasteiger partial charge in [0.1, 0.15) is 19.3 Å². The van der Waals surface area contributed by atoms with Crippen molar-refractivity contribution < 1.29 is 37.3 Å². The minimum atomic E-state index is -4.69. The van der Waals surface area contributed by atoms with Crippen LogP contribution >= 0.6 is 7.82 Å². The standard InChI is InChI=1S/C61H115N2O7P/c1-7-10-13-16-19-22-25-27-29-30-31-32-34-35-38-41-44-47-50-53-60(64)62-58(57-69-71(66,67)68-56-55-63(4,5)6)59(52-49-46-43-40-37-24-21-18-15-12-9-3)70-61(65)54-51-48-45-42-39-36-33-28-26-23-20-17-14-11-8-2/h19,22-23,26-27,29,49,52,58-59H,7-18,20-21,24-25,28,30-48,50-51,53-57H2,1-6H3,(H-,62,64,66,67)/b22-19-,26-23-,29-27-,52-49-. The van der Waals surface area contributed by atoms with Crippen LogP contribution in [0.1, 0.15) is 278 Å². The van der Waals surface area contributed by atoms with Crippen molar-refractivity contribution in [3.8, 4) is 0 Å². The quantitative estimate of drug-likeness (QED) is 0.0212. The molecule has 0 aromatic carbocycles. The number of likely N-dealkylation sites (N-methyl/N-ethyl adjacent to an activating group) is 1. The van der Waals surface area contributed by atoms with Gasteiger partial charge in [-0.25, -0.2) is 0 Å². The second-order valence-corrected chi connectivity index (χ2v) is 22.9. The lowest BCUT2D eigenvalue weighted by atomic mass is 10.0. The molecule has 416 valence electrons. The summed E-state index contributed by atoms with van der Waals surface area (Å²) in [4.78, 5) is 39.9. The Bertz CT molecular complexity index is 1360. The fourth-order valence-corrected chi connectivity index (χ4v) is 9.27. The van der Waals surface area contributed by atoms with Gasteiger partial charge in [0.15, 0.2) is 0 Å². The van der Waals surface area contributed by atoms with Crippen LogP contribution in [0.2, 0.25) is 0 Å². The summed E-state index contributed by atoms with van der Waals surface area (Å²) in [5.74, 6) is -0.546. The number of hydrogen-bond donors (Lipinski definition) is 1. The summed E-state index contributed by atoms with van der Waals surface area (Å²) in [5, 5.41) is 3.02. The van der Waals surface area contributed by atoms with E-state index in [9.17, 15) is 19.0 Å². The first-order chi connectivity index (χ1) is 34.4. The maximum atomic E-state index is 13.5. The predicted molar refractivity (Wildman–Crippen MR) is 302 cm³/mol. The molecule has 0 rings (SSSR count). The molecule has 0 heterocycles. The van der Waals surface area contributed by atoms with Crippen LogP contribution in [0.3, 0.4) is 0 Å². The Morgan fingerprint density at radius 2 is 0.859 bits per heavy atom. The van der Waals surface area contributed by atoms with Gasteiger partial charge in [-0.1, -0.05) is 224 Å². The fourth-order valence-electron chi connectivity index (χ4n) is 8.55. The zero-order valence-electron chi connectivity index (χ0n) is 47.4. The van der Waals surface area contributed by atoms with Gasteiger partial charge in [0.25, 0.3) is 7.82 Å². The maximum absolute atomic E-state index is 13.5. The Hall–Kier alpha value is -2.03. The van der Waals surface area contributed by atoms with Crippen molar-refractivity contribution in [2.24, 2.45) is 0 Å². The van der Waals surface area contributed by atoms with Crippen molar-refractivity contribution in [1.82, 2.24) is 5.32 Å². The van der Waals surface area contributed by atoms with Gasteiger partial charge in [0.2, 0.25) is 5.91 Å². The summed E-state index contributed by atoms with van der Waals surface area (Å²) in [6.45, 7) is 6.81. The van der Waals surface area contributed by atoms with Crippen molar-refractivity contribution >= 4 is 19.7 Å². The van der Waals surface area contributed by atoms with Crippen molar-refractivity contribution in [2.45, 2.75) is 290 Å². The molecule has 9 nitrogen and oxygen atoms in total. The van der Waals surface area contributed by atoms with E-state index >= 15 is 0 Å². The predicted octanol–water partition coefficient (Wildman–Crippen LogP) is 17.5. The number of carbonyl (C=O) groups is 2. The van der Waals surface area contributed by atoms with Gasteiger partial charge < -0.3 is 28.5 Å². The lowest BCUT2D eigenvalue weighted by Crippen LogP contribution is -2.47. The van der Waals surface area contributed by atoms with Crippen LogP contribution in [-0.2, 0) is 27.9 Å². The zero-order valence-corrected chi connectivity index (χ0v) is 48.3. The second kappa shape index (κ2) is 51.5. The minimum Gasteiger partial charge on any atom is -0.756 e.